The molecule has 6 nitrogen and oxygen atoms in total. The Bertz CT molecular complexity index is 896. The van der Waals surface area contributed by atoms with E-state index in [1.807, 2.05) is 17.0 Å². The molecule has 4 aliphatic rings. The number of amides is 1. The van der Waals surface area contributed by atoms with Crippen molar-refractivity contribution in [1.82, 2.24) is 9.80 Å². The molecule has 2 aliphatic heterocycles. The molecule has 1 N–H and O–H groups in total. The summed E-state index contributed by atoms with van der Waals surface area (Å²) in [5.41, 5.74) is 0.680. The van der Waals surface area contributed by atoms with E-state index in [4.69, 9.17) is 4.74 Å². The molecule has 1 amide bonds. The van der Waals surface area contributed by atoms with Gasteiger partial charge in [-0.25, -0.2) is 0 Å². The largest absolute Gasteiger partial charge is 0.497 e. The van der Waals surface area contributed by atoms with Gasteiger partial charge in [0.1, 0.15) is 11.5 Å². The zero-order chi connectivity index (χ0) is 21.8. The van der Waals surface area contributed by atoms with E-state index < -0.39 is 16.9 Å². The lowest BCUT2D eigenvalue weighted by Gasteiger charge is -2.63. The van der Waals surface area contributed by atoms with Gasteiger partial charge in [-0.1, -0.05) is 6.07 Å². The minimum absolute atomic E-state index is 0.0390. The third-order valence-corrected chi connectivity index (χ3v) is 8.67. The lowest BCUT2D eigenvalue weighted by atomic mass is 9.47. The highest BCUT2D eigenvalue weighted by Gasteiger charge is 2.66. The molecule has 6 heteroatoms. The maximum Gasteiger partial charge on any atom is 0.223 e. The van der Waals surface area contributed by atoms with Crippen molar-refractivity contribution in [1.29, 1.82) is 0 Å². The summed E-state index contributed by atoms with van der Waals surface area (Å²) in [6.07, 6.45) is 5.68. The van der Waals surface area contributed by atoms with E-state index in [2.05, 4.69) is 18.0 Å². The van der Waals surface area contributed by atoms with E-state index >= 15 is 0 Å². The quantitative estimate of drug-likeness (QED) is 0.803. The van der Waals surface area contributed by atoms with Gasteiger partial charge in [-0.05, 0) is 75.4 Å². The van der Waals surface area contributed by atoms with E-state index in [1.165, 1.54) is 12.0 Å². The Morgan fingerprint density at radius 2 is 2.00 bits per heavy atom. The maximum absolute atomic E-state index is 13.4. The van der Waals surface area contributed by atoms with Crippen LogP contribution in [0.4, 0.5) is 0 Å². The molecule has 4 atom stereocenters. The highest BCUT2D eigenvalue weighted by atomic mass is 16.5. The van der Waals surface area contributed by atoms with Gasteiger partial charge in [0.15, 0.2) is 0 Å². The number of Topliss-reactive ketones (excluding diaryl/α,β-unsaturated/α-hetero) is 1. The number of hydrogen-bond acceptors (Lipinski definition) is 5. The van der Waals surface area contributed by atoms with Crippen LogP contribution in [0, 0.1) is 5.92 Å². The second-order valence-electron chi connectivity index (χ2n) is 10.2. The number of benzene rings is 1. The second kappa shape index (κ2) is 7.59. The number of aliphatic hydroxyl groups is 1. The summed E-state index contributed by atoms with van der Waals surface area (Å²) in [6.45, 7) is 2.45. The third-order valence-electron chi connectivity index (χ3n) is 8.67. The van der Waals surface area contributed by atoms with Crippen LogP contribution in [0.25, 0.3) is 0 Å². The summed E-state index contributed by atoms with van der Waals surface area (Å²) in [7, 11) is 3.73. The Morgan fingerprint density at radius 3 is 2.74 bits per heavy atom. The Labute approximate surface area is 184 Å². The van der Waals surface area contributed by atoms with Gasteiger partial charge in [0, 0.05) is 43.3 Å². The Kier molecular flexibility index (Phi) is 5.13. The van der Waals surface area contributed by atoms with Gasteiger partial charge in [0.25, 0.3) is 0 Å². The minimum atomic E-state index is -1.01. The lowest BCUT2D eigenvalue weighted by molar-refractivity contribution is -0.179. The van der Waals surface area contributed by atoms with Crippen molar-refractivity contribution in [3.63, 3.8) is 0 Å². The molecule has 5 rings (SSSR count). The number of nitrogens with zero attached hydrogens (tertiary/aromatic N) is 2. The van der Waals surface area contributed by atoms with E-state index in [0.29, 0.717) is 12.8 Å². The number of fused-ring (bicyclic) bond motifs is 1. The van der Waals surface area contributed by atoms with Crippen LogP contribution in [0.5, 0.6) is 5.75 Å². The number of likely N-dealkylation sites (N-methyl/N-ethyl adjacent to an activating group) is 1. The molecule has 1 saturated carbocycles. The first kappa shape index (κ1) is 21.0. The number of ketones is 1. The van der Waals surface area contributed by atoms with E-state index in [-0.39, 0.29) is 24.2 Å². The number of piperidine rings is 2. The number of carbonyl (C=O) groups excluding carboxylic acids is 2. The SMILES string of the molecule is COc1ccc2c(c1)[C@]13CCN(C)[C@H](C2)[C@]1(O)C[C@H](CC(=O)N1CCCCC1)C(=O)C3. The zero-order valence-electron chi connectivity index (χ0n) is 18.7. The first-order valence-electron chi connectivity index (χ1n) is 11.8. The molecule has 1 aromatic rings. The minimum Gasteiger partial charge on any atom is -0.497 e. The average Bonchev–Trinajstić information content (AvgIpc) is 2.77. The first-order chi connectivity index (χ1) is 14.9. The van der Waals surface area contributed by atoms with Gasteiger partial charge in [-0.2, -0.15) is 0 Å². The van der Waals surface area contributed by atoms with Gasteiger partial charge in [0.05, 0.1) is 12.7 Å². The van der Waals surface area contributed by atoms with Gasteiger partial charge in [0.2, 0.25) is 5.91 Å². The number of carbonyl (C=O) groups is 2. The van der Waals surface area contributed by atoms with Crippen LogP contribution in [0.1, 0.15) is 56.1 Å². The van der Waals surface area contributed by atoms with Crippen molar-refractivity contribution in [3.8, 4) is 5.75 Å². The van der Waals surface area contributed by atoms with Crippen LogP contribution < -0.4 is 4.74 Å². The molecule has 2 aliphatic carbocycles. The molecule has 31 heavy (non-hydrogen) atoms. The average molecular weight is 427 g/mol. The first-order valence-corrected chi connectivity index (χ1v) is 11.8. The molecule has 0 unspecified atom stereocenters. The van der Waals surface area contributed by atoms with Crippen LogP contribution in [0.2, 0.25) is 0 Å². The van der Waals surface area contributed by atoms with Crippen molar-refractivity contribution < 1.29 is 19.4 Å². The fourth-order valence-corrected chi connectivity index (χ4v) is 6.90. The molecule has 2 bridgehead atoms. The molecule has 168 valence electrons. The maximum atomic E-state index is 13.4. The van der Waals surface area contributed by atoms with Gasteiger partial charge in [-0.15, -0.1) is 0 Å². The molecule has 2 heterocycles. The normalized spacial score (nSPS) is 35.3. The monoisotopic (exact) mass is 426 g/mol. The molecule has 3 fully saturated rings. The van der Waals surface area contributed by atoms with Crippen LogP contribution in [-0.2, 0) is 21.4 Å². The Hall–Kier alpha value is -1.92. The standard InChI is InChI=1S/C25H34N2O4/c1-26-11-8-24-16-21(28)18(13-23(29)27-9-4-3-5-10-27)15-25(24,30)22(26)12-17-6-7-19(31-2)14-20(17)24/h6-7,14,18,22,30H,3-5,8-13,15-16H2,1-2H3/t18-,22+,24+,25+/m0/s1. The molecule has 1 aromatic carbocycles. The van der Waals surface area contributed by atoms with E-state index in [0.717, 1.165) is 56.6 Å². The summed E-state index contributed by atoms with van der Waals surface area (Å²) >= 11 is 0. The van der Waals surface area contributed by atoms with Crippen LogP contribution >= 0.6 is 0 Å². The molecule has 2 saturated heterocycles. The van der Waals surface area contributed by atoms with Crippen molar-refractivity contribution >= 4 is 11.7 Å². The molecular weight excluding hydrogens is 392 g/mol. The second-order valence-corrected chi connectivity index (χ2v) is 10.2. The van der Waals surface area contributed by atoms with Crippen LogP contribution in [-0.4, -0.2) is 72.0 Å². The topological polar surface area (TPSA) is 70.1 Å². The van der Waals surface area contributed by atoms with Crippen LogP contribution in [0.3, 0.4) is 0 Å². The zero-order valence-corrected chi connectivity index (χ0v) is 18.7. The number of methoxy groups -OCH3 is 1. The lowest BCUT2D eigenvalue weighted by Crippen LogP contribution is -2.73. The molecule has 0 aromatic heterocycles. The Morgan fingerprint density at radius 1 is 1.23 bits per heavy atom. The number of hydrogen-bond donors (Lipinski definition) is 1. The molecule has 0 spiro atoms. The smallest absolute Gasteiger partial charge is 0.223 e. The van der Waals surface area contributed by atoms with Crippen molar-refractivity contribution in [3.05, 3.63) is 29.3 Å². The van der Waals surface area contributed by atoms with Gasteiger partial charge < -0.3 is 19.6 Å². The highest BCUT2D eigenvalue weighted by Crippen LogP contribution is 2.58. The number of ether oxygens (including phenoxy) is 1. The van der Waals surface area contributed by atoms with Gasteiger partial charge in [-0.3, -0.25) is 9.59 Å². The summed E-state index contributed by atoms with van der Waals surface area (Å²) in [6, 6.07) is 6.06. The molecule has 0 radical (unpaired) electrons. The summed E-state index contributed by atoms with van der Waals surface area (Å²) in [4.78, 5) is 30.5. The van der Waals surface area contributed by atoms with Crippen molar-refractivity contribution in [2.75, 3.05) is 33.8 Å². The highest BCUT2D eigenvalue weighted by molar-refractivity contribution is 5.89. The predicted octanol–water partition coefficient (Wildman–Crippen LogP) is 2.31. The summed E-state index contributed by atoms with van der Waals surface area (Å²) < 4.78 is 5.49. The summed E-state index contributed by atoms with van der Waals surface area (Å²) in [5.74, 6) is 0.583. The summed E-state index contributed by atoms with van der Waals surface area (Å²) in [5, 5.41) is 12.3. The van der Waals surface area contributed by atoms with E-state index in [9.17, 15) is 14.7 Å². The number of rotatable bonds is 3. The fourth-order valence-electron chi connectivity index (χ4n) is 6.90. The third kappa shape index (κ3) is 3.13. The van der Waals surface area contributed by atoms with Crippen molar-refractivity contribution in [2.45, 2.75) is 68.4 Å². The van der Waals surface area contributed by atoms with Gasteiger partial charge >= 0.3 is 0 Å². The Balaban J connectivity index is 1.49. The predicted molar refractivity (Wildman–Crippen MR) is 117 cm³/mol. The fraction of sp³-hybridized carbons (Fsp3) is 0.680. The van der Waals surface area contributed by atoms with Crippen LogP contribution in [0.15, 0.2) is 18.2 Å². The van der Waals surface area contributed by atoms with E-state index in [1.54, 1.807) is 7.11 Å². The molecular formula is C25H34N2O4. The number of likely N-dealkylation sites (tertiary alicyclic amines) is 2. The van der Waals surface area contributed by atoms with Crippen molar-refractivity contribution in [2.24, 2.45) is 5.92 Å².